The molecule has 5 rings (SSSR count). The average Bonchev–Trinajstić information content (AvgIpc) is 3.49. The number of aryl methyl sites for hydroxylation is 1. The Morgan fingerprint density at radius 1 is 0.927 bits per heavy atom. The lowest BCUT2D eigenvalue weighted by molar-refractivity contribution is -0.119. The second-order valence-corrected chi connectivity index (χ2v) is 10.1. The zero-order chi connectivity index (χ0) is 28.9. The number of unbranched alkanes of at least 4 members (excludes halogenated alkanes) is 1. The molecule has 8 heteroatoms. The van der Waals surface area contributed by atoms with E-state index in [1.54, 1.807) is 30.2 Å². The number of amides is 3. The Bertz CT molecular complexity index is 1530. The minimum absolute atomic E-state index is 0.0816. The van der Waals surface area contributed by atoms with Gasteiger partial charge in [0.1, 0.15) is 24.1 Å². The summed E-state index contributed by atoms with van der Waals surface area (Å²) < 4.78 is 12.9. The average molecular weight is 553 g/mol. The largest absolute Gasteiger partial charge is 0.497 e. The Balaban J connectivity index is 1.49. The maximum absolute atomic E-state index is 14.3. The molecule has 4 aromatic rings. The first-order valence-electron chi connectivity index (χ1n) is 13.9. The van der Waals surface area contributed by atoms with Gasteiger partial charge in [0.2, 0.25) is 5.91 Å². The third kappa shape index (κ3) is 5.63. The van der Waals surface area contributed by atoms with E-state index in [2.05, 4.69) is 47.1 Å². The summed E-state index contributed by atoms with van der Waals surface area (Å²) in [5.74, 6) is 0.932. The summed E-state index contributed by atoms with van der Waals surface area (Å²) in [7, 11) is 3.11. The van der Waals surface area contributed by atoms with Gasteiger partial charge in [0.15, 0.2) is 0 Å². The van der Waals surface area contributed by atoms with Gasteiger partial charge in [0.25, 0.3) is 0 Å². The van der Waals surface area contributed by atoms with Crippen molar-refractivity contribution >= 4 is 23.3 Å². The Kier molecular flexibility index (Phi) is 8.29. The molecule has 1 N–H and O–H groups in total. The molecule has 2 heterocycles. The number of fused-ring (bicyclic) bond motifs is 3. The van der Waals surface area contributed by atoms with Crippen molar-refractivity contribution in [2.75, 3.05) is 37.5 Å². The van der Waals surface area contributed by atoms with Crippen LogP contribution < -0.4 is 19.7 Å². The van der Waals surface area contributed by atoms with E-state index in [1.807, 2.05) is 48.4 Å². The number of carbonyl (C=O) groups excluding carboxylic acids is 2. The van der Waals surface area contributed by atoms with Crippen LogP contribution in [0, 0.1) is 6.92 Å². The van der Waals surface area contributed by atoms with Gasteiger partial charge in [-0.2, -0.15) is 0 Å². The number of aromatic nitrogens is 1. The van der Waals surface area contributed by atoms with Crippen molar-refractivity contribution in [3.8, 4) is 17.2 Å². The first-order chi connectivity index (χ1) is 19.9. The number of hydrogen-bond acceptors (Lipinski definition) is 4. The third-order valence-electron chi connectivity index (χ3n) is 7.43. The molecule has 1 unspecified atom stereocenters. The zero-order valence-corrected chi connectivity index (χ0v) is 24.0. The summed E-state index contributed by atoms with van der Waals surface area (Å²) in [5, 5.41) is 2.94. The molecular formula is C33H36N4O4. The highest BCUT2D eigenvalue weighted by molar-refractivity contribution is 6.01. The minimum Gasteiger partial charge on any atom is -0.497 e. The number of ether oxygens (including phenoxy) is 2. The van der Waals surface area contributed by atoms with Crippen molar-refractivity contribution in [1.82, 2.24) is 9.47 Å². The van der Waals surface area contributed by atoms with Crippen molar-refractivity contribution in [1.29, 1.82) is 0 Å². The molecule has 0 spiro atoms. The second kappa shape index (κ2) is 12.2. The first kappa shape index (κ1) is 27.8. The van der Waals surface area contributed by atoms with E-state index in [4.69, 9.17) is 9.47 Å². The predicted octanol–water partition coefficient (Wildman–Crippen LogP) is 6.57. The van der Waals surface area contributed by atoms with Gasteiger partial charge in [-0.1, -0.05) is 55.3 Å². The normalized spacial score (nSPS) is 13.7. The van der Waals surface area contributed by atoms with Crippen molar-refractivity contribution in [3.63, 3.8) is 0 Å². The molecule has 8 nitrogen and oxygen atoms in total. The molecule has 41 heavy (non-hydrogen) atoms. The first-order valence-corrected chi connectivity index (χ1v) is 13.9. The van der Waals surface area contributed by atoms with Crippen LogP contribution in [0.25, 0.3) is 5.69 Å². The van der Waals surface area contributed by atoms with Crippen molar-refractivity contribution in [3.05, 3.63) is 102 Å². The van der Waals surface area contributed by atoms with Crippen LogP contribution in [-0.4, -0.2) is 48.7 Å². The summed E-state index contributed by atoms with van der Waals surface area (Å²) in [6, 6.07) is 24.7. The third-order valence-corrected chi connectivity index (χ3v) is 7.43. The van der Waals surface area contributed by atoms with Crippen LogP contribution in [0.3, 0.4) is 0 Å². The molecular weight excluding hydrogens is 516 g/mol. The Morgan fingerprint density at radius 3 is 2.39 bits per heavy atom. The molecule has 3 aromatic carbocycles. The number of anilines is 2. The summed E-state index contributed by atoms with van der Waals surface area (Å²) in [4.78, 5) is 31.4. The summed E-state index contributed by atoms with van der Waals surface area (Å²) >= 11 is 0. The standard InChI is InChI=1S/C33H36N4O4/c1-5-6-19-35(33(39)34-26-18-17-25(40-3)21-30(26)41-4)22-31(38)37-28-11-8-7-10-27(28)36-20-9-12-29(36)32(37)24-15-13-23(2)14-16-24/h7-18,20-21,32H,5-6,19,22H2,1-4H3,(H,34,39). The van der Waals surface area contributed by atoms with Crippen LogP contribution in [-0.2, 0) is 4.79 Å². The Morgan fingerprint density at radius 2 is 1.68 bits per heavy atom. The summed E-state index contributed by atoms with van der Waals surface area (Å²) in [5.41, 5.74) is 5.39. The highest BCUT2D eigenvalue weighted by atomic mass is 16.5. The molecule has 3 amide bonds. The molecule has 1 aliphatic heterocycles. The molecule has 212 valence electrons. The number of nitrogens with zero attached hydrogens (tertiary/aromatic N) is 3. The van der Waals surface area contributed by atoms with Crippen LogP contribution in [0.1, 0.15) is 42.6 Å². The quantitative estimate of drug-likeness (QED) is 0.255. The lowest BCUT2D eigenvalue weighted by Gasteiger charge is -2.39. The van der Waals surface area contributed by atoms with Crippen LogP contribution in [0.2, 0.25) is 0 Å². The fourth-order valence-corrected chi connectivity index (χ4v) is 5.26. The topological polar surface area (TPSA) is 76.0 Å². The number of carbonyl (C=O) groups is 2. The van der Waals surface area contributed by atoms with Crippen LogP contribution in [0.4, 0.5) is 16.2 Å². The number of rotatable bonds is 9. The van der Waals surface area contributed by atoms with Gasteiger partial charge in [-0.3, -0.25) is 9.69 Å². The summed E-state index contributed by atoms with van der Waals surface area (Å²) in [6.07, 6.45) is 3.68. The minimum atomic E-state index is -0.365. The van der Waals surface area contributed by atoms with E-state index in [0.717, 1.165) is 41.0 Å². The van der Waals surface area contributed by atoms with Gasteiger partial charge in [0, 0.05) is 18.8 Å². The van der Waals surface area contributed by atoms with Gasteiger partial charge in [0.05, 0.1) is 37.0 Å². The van der Waals surface area contributed by atoms with Crippen LogP contribution in [0.5, 0.6) is 11.5 Å². The lowest BCUT2D eigenvalue weighted by Crippen LogP contribution is -2.48. The Hall–Kier alpha value is -4.72. The van der Waals surface area contributed by atoms with Gasteiger partial charge >= 0.3 is 6.03 Å². The number of benzene rings is 3. The molecule has 0 aliphatic carbocycles. The van der Waals surface area contributed by atoms with E-state index in [-0.39, 0.29) is 24.5 Å². The van der Waals surface area contributed by atoms with E-state index in [1.165, 1.54) is 7.11 Å². The molecule has 0 bridgehead atoms. The number of urea groups is 1. The fourth-order valence-electron chi connectivity index (χ4n) is 5.26. The smallest absolute Gasteiger partial charge is 0.322 e. The van der Waals surface area contributed by atoms with Gasteiger partial charge in [-0.25, -0.2) is 4.79 Å². The van der Waals surface area contributed by atoms with Gasteiger partial charge < -0.3 is 24.3 Å². The van der Waals surface area contributed by atoms with Crippen LogP contribution >= 0.6 is 0 Å². The predicted molar refractivity (Wildman–Crippen MR) is 161 cm³/mol. The van der Waals surface area contributed by atoms with E-state index in [0.29, 0.717) is 23.7 Å². The second-order valence-electron chi connectivity index (χ2n) is 10.1. The van der Waals surface area contributed by atoms with Crippen LogP contribution in [0.15, 0.2) is 85.1 Å². The Labute approximate surface area is 241 Å². The van der Waals surface area contributed by atoms with Gasteiger partial charge in [-0.05, 0) is 55.3 Å². The highest BCUT2D eigenvalue weighted by Crippen LogP contribution is 2.42. The van der Waals surface area contributed by atoms with Crippen molar-refractivity contribution < 1.29 is 19.1 Å². The lowest BCUT2D eigenvalue weighted by atomic mass is 9.97. The van der Waals surface area contributed by atoms with Crippen molar-refractivity contribution in [2.45, 2.75) is 32.7 Å². The maximum Gasteiger partial charge on any atom is 0.322 e. The van der Waals surface area contributed by atoms with E-state index in [9.17, 15) is 9.59 Å². The number of methoxy groups -OCH3 is 2. The molecule has 1 aromatic heterocycles. The number of hydrogen-bond donors (Lipinski definition) is 1. The van der Waals surface area contributed by atoms with E-state index < -0.39 is 0 Å². The SMILES string of the molecule is CCCCN(CC(=O)N1c2ccccc2-n2cccc2C1c1ccc(C)cc1)C(=O)Nc1ccc(OC)cc1OC. The zero-order valence-electron chi connectivity index (χ0n) is 24.0. The fraction of sp³-hybridized carbons (Fsp3) is 0.273. The maximum atomic E-state index is 14.3. The van der Waals surface area contributed by atoms with E-state index >= 15 is 0 Å². The molecule has 1 atom stereocenters. The monoisotopic (exact) mass is 552 g/mol. The van der Waals surface area contributed by atoms with Crippen molar-refractivity contribution in [2.24, 2.45) is 0 Å². The molecule has 0 saturated heterocycles. The highest BCUT2D eigenvalue weighted by Gasteiger charge is 2.37. The van der Waals surface area contributed by atoms with Gasteiger partial charge in [-0.15, -0.1) is 0 Å². The number of nitrogens with one attached hydrogen (secondary N) is 1. The molecule has 0 radical (unpaired) electrons. The molecule has 0 fully saturated rings. The molecule has 1 aliphatic rings. The summed E-state index contributed by atoms with van der Waals surface area (Å²) in [6.45, 7) is 4.47. The molecule has 0 saturated carbocycles. The number of para-hydroxylation sites is 2.